The number of aryl methyl sites for hydroxylation is 2. The standard InChI is InChI=1S/C17H30N4S2.HI/c1-13(2)15-11-21(9-10-22-15)17(18-4)19-8-6-5-7-16-20-14(3)12-23-16;/h12-13,15H,5-11H2,1-4H3,(H,18,19);1H. The summed E-state index contributed by atoms with van der Waals surface area (Å²) < 4.78 is 0. The molecule has 4 nitrogen and oxygen atoms in total. The largest absolute Gasteiger partial charge is 0.356 e. The monoisotopic (exact) mass is 482 g/mol. The fraction of sp³-hybridized carbons (Fsp3) is 0.765. The minimum atomic E-state index is 0. The zero-order chi connectivity index (χ0) is 16.7. The average molecular weight is 483 g/mol. The highest BCUT2D eigenvalue weighted by atomic mass is 127. The first-order valence-electron chi connectivity index (χ1n) is 8.58. The van der Waals surface area contributed by atoms with Gasteiger partial charge in [0.2, 0.25) is 0 Å². The Bertz CT molecular complexity index is 505. The second kappa shape index (κ2) is 11.6. The quantitative estimate of drug-likeness (QED) is 0.288. The maximum atomic E-state index is 4.52. The van der Waals surface area contributed by atoms with Crippen molar-refractivity contribution in [3.63, 3.8) is 0 Å². The van der Waals surface area contributed by atoms with Gasteiger partial charge in [-0.15, -0.1) is 35.3 Å². The van der Waals surface area contributed by atoms with Crippen LogP contribution in [0.3, 0.4) is 0 Å². The number of aromatic nitrogens is 1. The van der Waals surface area contributed by atoms with Crippen LogP contribution in [0.25, 0.3) is 0 Å². The molecule has 24 heavy (non-hydrogen) atoms. The Balaban J connectivity index is 0.00000288. The summed E-state index contributed by atoms with van der Waals surface area (Å²) in [6.45, 7) is 9.90. The van der Waals surface area contributed by atoms with Gasteiger partial charge < -0.3 is 10.2 Å². The molecule has 7 heteroatoms. The number of nitrogens with one attached hydrogen (secondary N) is 1. The number of hydrogen-bond donors (Lipinski definition) is 1. The van der Waals surface area contributed by atoms with E-state index < -0.39 is 0 Å². The molecule has 1 fully saturated rings. The Hall–Kier alpha value is -0.0200. The molecule has 1 saturated heterocycles. The summed E-state index contributed by atoms with van der Waals surface area (Å²) in [6.07, 6.45) is 3.43. The zero-order valence-corrected chi connectivity index (χ0v) is 19.2. The van der Waals surface area contributed by atoms with Crippen LogP contribution in [0, 0.1) is 12.8 Å². The smallest absolute Gasteiger partial charge is 0.193 e. The first-order chi connectivity index (χ1) is 11.1. The highest BCUT2D eigenvalue weighted by Gasteiger charge is 2.24. The minimum absolute atomic E-state index is 0. The molecule has 0 bridgehead atoms. The lowest BCUT2D eigenvalue weighted by Gasteiger charge is -2.36. The molecule has 0 aliphatic carbocycles. The van der Waals surface area contributed by atoms with Crippen LogP contribution in [0.15, 0.2) is 10.4 Å². The normalized spacial score (nSPS) is 18.6. The molecular weight excluding hydrogens is 451 g/mol. The number of rotatable bonds is 6. The fourth-order valence-corrected chi connectivity index (χ4v) is 4.84. The van der Waals surface area contributed by atoms with Crippen molar-refractivity contribution in [2.24, 2.45) is 10.9 Å². The van der Waals surface area contributed by atoms with Crippen LogP contribution < -0.4 is 5.32 Å². The number of halogens is 1. The lowest BCUT2D eigenvalue weighted by molar-refractivity contribution is 0.380. The predicted octanol–water partition coefficient (Wildman–Crippen LogP) is 4.04. The van der Waals surface area contributed by atoms with E-state index in [1.165, 1.54) is 17.2 Å². The lowest BCUT2D eigenvalue weighted by Crippen LogP contribution is -2.49. The van der Waals surface area contributed by atoms with Gasteiger partial charge in [-0.3, -0.25) is 4.99 Å². The average Bonchev–Trinajstić information content (AvgIpc) is 2.96. The van der Waals surface area contributed by atoms with Crippen LogP contribution >= 0.6 is 47.1 Å². The van der Waals surface area contributed by atoms with E-state index >= 15 is 0 Å². The molecule has 1 unspecified atom stereocenters. The number of unbranched alkanes of at least 4 members (excludes halogenated alkanes) is 1. The number of hydrogen-bond acceptors (Lipinski definition) is 4. The molecular formula is C17H31IN4S2. The molecule has 1 aliphatic rings. The van der Waals surface area contributed by atoms with E-state index in [4.69, 9.17) is 0 Å². The molecule has 2 heterocycles. The van der Waals surface area contributed by atoms with Gasteiger partial charge in [-0.05, 0) is 32.1 Å². The van der Waals surface area contributed by atoms with Crippen molar-refractivity contribution < 1.29 is 0 Å². The molecule has 1 N–H and O–H groups in total. The van der Waals surface area contributed by atoms with Crippen LogP contribution in [0.4, 0.5) is 0 Å². The maximum Gasteiger partial charge on any atom is 0.193 e. The first-order valence-corrected chi connectivity index (χ1v) is 10.5. The summed E-state index contributed by atoms with van der Waals surface area (Å²) in [4.78, 5) is 11.4. The zero-order valence-electron chi connectivity index (χ0n) is 15.2. The minimum Gasteiger partial charge on any atom is -0.356 e. The van der Waals surface area contributed by atoms with Gasteiger partial charge in [-0.2, -0.15) is 11.8 Å². The molecule has 1 atom stereocenters. The van der Waals surface area contributed by atoms with Gasteiger partial charge >= 0.3 is 0 Å². The van der Waals surface area contributed by atoms with Gasteiger partial charge in [0.25, 0.3) is 0 Å². The van der Waals surface area contributed by atoms with Gasteiger partial charge in [-0.25, -0.2) is 4.98 Å². The van der Waals surface area contributed by atoms with E-state index in [0.717, 1.165) is 55.3 Å². The van der Waals surface area contributed by atoms with Gasteiger partial charge in [0, 0.05) is 48.8 Å². The third kappa shape index (κ3) is 7.07. The number of thioether (sulfide) groups is 1. The van der Waals surface area contributed by atoms with Gasteiger partial charge in [-0.1, -0.05) is 13.8 Å². The summed E-state index contributed by atoms with van der Waals surface area (Å²) in [7, 11) is 1.90. The van der Waals surface area contributed by atoms with Crippen LogP contribution in [0.2, 0.25) is 0 Å². The van der Waals surface area contributed by atoms with Gasteiger partial charge in [0.1, 0.15) is 0 Å². The third-order valence-electron chi connectivity index (χ3n) is 4.12. The molecule has 0 aromatic carbocycles. The van der Waals surface area contributed by atoms with Crippen molar-refractivity contribution in [2.75, 3.05) is 32.4 Å². The van der Waals surface area contributed by atoms with Crippen LogP contribution in [0.5, 0.6) is 0 Å². The summed E-state index contributed by atoms with van der Waals surface area (Å²) in [5.74, 6) is 3.00. The van der Waals surface area contributed by atoms with E-state index in [-0.39, 0.29) is 24.0 Å². The Morgan fingerprint density at radius 1 is 1.46 bits per heavy atom. The van der Waals surface area contributed by atoms with Crippen molar-refractivity contribution in [1.29, 1.82) is 0 Å². The van der Waals surface area contributed by atoms with E-state index in [0.29, 0.717) is 0 Å². The van der Waals surface area contributed by atoms with Crippen LogP contribution in [0.1, 0.15) is 37.4 Å². The van der Waals surface area contributed by atoms with E-state index in [1.54, 1.807) is 11.3 Å². The molecule has 1 aromatic rings. The summed E-state index contributed by atoms with van der Waals surface area (Å²) in [6, 6.07) is 0. The molecule has 0 spiro atoms. The van der Waals surface area contributed by atoms with Crippen LogP contribution in [-0.2, 0) is 6.42 Å². The van der Waals surface area contributed by atoms with Crippen molar-refractivity contribution in [3.8, 4) is 0 Å². The molecule has 0 amide bonds. The molecule has 1 aromatic heterocycles. The molecule has 1 aliphatic heterocycles. The van der Waals surface area contributed by atoms with Gasteiger partial charge in [0.05, 0.1) is 5.01 Å². The van der Waals surface area contributed by atoms with Crippen LogP contribution in [-0.4, -0.2) is 53.5 Å². The second-order valence-electron chi connectivity index (χ2n) is 6.41. The predicted molar refractivity (Wildman–Crippen MR) is 119 cm³/mol. The lowest BCUT2D eigenvalue weighted by atomic mass is 10.1. The number of nitrogens with zero attached hydrogens (tertiary/aromatic N) is 3. The van der Waals surface area contributed by atoms with E-state index in [9.17, 15) is 0 Å². The van der Waals surface area contributed by atoms with Crippen molar-refractivity contribution >= 4 is 53.0 Å². The Morgan fingerprint density at radius 2 is 2.25 bits per heavy atom. The second-order valence-corrected chi connectivity index (χ2v) is 8.70. The van der Waals surface area contributed by atoms with Crippen molar-refractivity contribution in [3.05, 3.63) is 16.1 Å². The van der Waals surface area contributed by atoms with Crippen molar-refractivity contribution in [1.82, 2.24) is 15.2 Å². The molecule has 2 rings (SSSR count). The van der Waals surface area contributed by atoms with Gasteiger partial charge in [0.15, 0.2) is 5.96 Å². The number of guanidine groups is 1. The highest BCUT2D eigenvalue weighted by Crippen LogP contribution is 2.24. The number of thiazole rings is 1. The fourth-order valence-electron chi connectivity index (χ4n) is 2.72. The summed E-state index contributed by atoms with van der Waals surface area (Å²) >= 11 is 3.88. The Kier molecular flexibility index (Phi) is 10.6. The molecule has 0 radical (unpaired) electrons. The Labute approximate surface area is 172 Å². The van der Waals surface area contributed by atoms with Crippen molar-refractivity contribution in [2.45, 2.75) is 45.3 Å². The molecule has 138 valence electrons. The highest BCUT2D eigenvalue weighted by molar-refractivity contribution is 14.0. The topological polar surface area (TPSA) is 40.5 Å². The molecule has 0 saturated carbocycles. The van der Waals surface area contributed by atoms with E-state index in [1.807, 2.05) is 7.05 Å². The number of aliphatic imine (C=N–C) groups is 1. The Morgan fingerprint density at radius 3 is 2.88 bits per heavy atom. The first kappa shape index (κ1) is 22.0. The van der Waals surface area contributed by atoms with E-state index in [2.05, 4.69) is 58.1 Å². The summed E-state index contributed by atoms with van der Waals surface area (Å²) in [5.41, 5.74) is 1.14. The third-order valence-corrected chi connectivity index (χ3v) is 6.68. The summed E-state index contributed by atoms with van der Waals surface area (Å²) in [5, 5.41) is 7.66. The SMILES string of the molecule is CN=C(NCCCCc1nc(C)cs1)N1CCSC(C(C)C)C1.I. The maximum absolute atomic E-state index is 4.52.